The lowest BCUT2D eigenvalue weighted by Crippen LogP contribution is -2.30. The maximum atomic E-state index is 8.67. The van der Waals surface area contributed by atoms with Gasteiger partial charge in [-0.3, -0.25) is 4.98 Å². The fourth-order valence-electron chi connectivity index (χ4n) is 1.89. The van der Waals surface area contributed by atoms with E-state index in [0.717, 1.165) is 12.2 Å². The van der Waals surface area contributed by atoms with Crippen LogP contribution in [0, 0.1) is 0 Å². The number of oxime groups is 1. The molecular weight excluding hydrogens is 232 g/mol. The molecular formula is C12H18N4O2. The van der Waals surface area contributed by atoms with E-state index in [9.17, 15) is 0 Å². The highest BCUT2D eigenvalue weighted by Crippen LogP contribution is 2.31. The van der Waals surface area contributed by atoms with Crippen molar-refractivity contribution < 1.29 is 9.94 Å². The van der Waals surface area contributed by atoms with Gasteiger partial charge in [0.25, 0.3) is 0 Å². The van der Waals surface area contributed by atoms with E-state index in [2.05, 4.69) is 15.0 Å². The molecule has 0 amide bonds. The highest BCUT2D eigenvalue weighted by molar-refractivity contribution is 5.95. The summed E-state index contributed by atoms with van der Waals surface area (Å²) in [5, 5.41) is 11.6. The second-order valence-electron chi connectivity index (χ2n) is 4.30. The first-order valence-corrected chi connectivity index (χ1v) is 5.95. The van der Waals surface area contributed by atoms with Crippen LogP contribution >= 0.6 is 0 Å². The molecule has 1 heterocycles. The number of hydrogen-bond donors (Lipinski definition) is 2. The van der Waals surface area contributed by atoms with Gasteiger partial charge < -0.3 is 20.6 Å². The molecule has 18 heavy (non-hydrogen) atoms. The summed E-state index contributed by atoms with van der Waals surface area (Å²) in [6, 6.07) is 4.34. The van der Waals surface area contributed by atoms with Crippen molar-refractivity contribution in [3.05, 3.63) is 24.0 Å². The highest BCUT2D eigenvalue weighted by Gasteiger charge is 2.29. The standard InChI is InChI=1S/C12H18N4O2/c1-18-7-6-16(9-2-3-9)10-4-5-14-11(8-10)12(13)15-17/h4-5,8-9,17H,2-3,6-7H2,1H3,(H2,13,15). The van der Waals surface area contributed by atoms with Crippen LogP contribution in [0.5, 0.6) is 0 Å². The molecule has 0 aliphatic heterocycles. The molecule has 0 saturated heterocycles. The SMILES string of the molecule is COCCN(c1ccnc(C(N)=NO)c1)C1CC1. The molecule has 1 fully saturated rings. The summed E-state index contributed by atoms with van der Waals surface area (Å²) in [6.45, 7) is 1.51. The molecule has 1 saturated carbocycles. The molecule has 0 unspecified atom stereocenters. The molecule has 3 N–H and O–H groups in total. The van der Waals surface area contributed by atoms with E-state index in [4.69, 9.17) is 15.7 Å². The lowest BCUT2D eigenvalue weighted by Gasteiger charge is -2.24. The van der Waals surface area contributed by atoms with Crippen molar-refractivity contribution in [1.82, 2.24) is 4.98 Å². The van der Waals surface area contributed by atoms with Crippen molar-refractivity contribution in [2.45, 2.75) is 18.9 Å². The number of ether oxygens (including phenoxy) is 1. The largest absolute Gasteiger partial charge is 0.409 e. The van der Waals surface area contributed by atoms with Crippen LogP contribution in [0.15, 0.2) is 23.5 Å². The van der Waals surface area contributed by atoms with Gasteiger partial charge in [-0.1, -0.05) is 5.16 Å². The number of anilines is 1. The number of nitrogens with two attached hydrogens (primary N) is 1. The molecule has 1 aliphatic rings. The van der Waals surface area contributed by atoms with Gasteiger partial charge in [0.2, 0.25) is 0 Å². The Morgan fingerprint density at radius 1 is 1.67 bits per heavy atom. The molecule has 0 spiro atoms. The van der Waals surface area contributed by atoms with E-state index >= 15 is 0 Å². The molecule has 0 aromatic carbocycles. The monoisotopic (exact) mass is 250 g/mol. The third kappa shape index (κ3) is 2.89. The Morgan fingerprint density at radius 3 is 3.06 bits per heavy atom. The van der Waals surface area contributed by atoms with Crippen LogP contribution in [0.1, 0.15) is 18.5 Å². The quantitative estimate of drug-likeness (QED) is 0.337. The topological polar surface area (TPSA) is 84.0 Å². The van der Waals surface area contributed by atoms with E-state index in [0.29, 0.717) is 18.3 Å². The maximum Gasteiger partial charge on any atom is 0.188 e. The molecule has 1 aromatic rings. The van der Waals surface area contributed by atoms with Crippen LogP contribution in [-0.2, 0) is 4.74 Å². The lowest BCUT2D eigenvalue weighted by atomic mass is 10.2. The number of methoxy groups -OCH3 is 1. The van der Waals surface area contributed by atoms with Gasteiger partial charge in [-0.05, 0) is 25.0 Å². The second kappa shape index (κ2) is 5.68. The first-order chi connectivity index (χ1) is 8.76. The number of nitrogens with zero attached hydrogens (tertiary/aromatic N) is 3. The van der Waals surface area contributed by atoms with Crippen LogP contribution in [0.4, 0.5) is 5.69 Å². The van der Waals surface area contributed by atoms with Gasteiger partial charge in [-0.2, -0.15) is 0 Å². The summed E-state index contributed by atoms with van der Waals surface area (Å²) in [6.07, 6.45) is 4.07. The predicted molar refractivity (Wildman–Crippen MR) is 69.0 cm³/mol. The summed E-state index contributed by atoms with van der Waals surface area (Å²) in [5.74, 6) is 0.0272. The summed E-state index contributed by atoms with van der Waals surface area (Å²) < 4.78 is 5.12. The van der Waals surface area contributed by atoms with Crippen molar-refractivity contribution in [1.29, 1.82) is 0 Å². The zero-order valence-electron chi connectivity index (χ0n) is 10.4. The molecule has 0 atom stereocenters. The van der Waals surface area contributed by atoms with Crippen molar-refractivity contribution in [3.8, 4) is 0 Å². The summed E-state index contributed by atoms with van der Waals surface area (Å²) >= 11 is 0. The molecule has 1 aliphatic carbocycles. The van der Waals surface area contributed by atoms with Crippen LogP contribution in [-0.4, -0.2) is 42.3 Å². The third-order valence-electron chi connectivity index (χ3n) is 2.97. The number of amidine groups is 1. The minimum absolute atomic E-state index is 0.0272. The Balaban J connectivity index is 2.19. The first-order valence-electron chi connectivity index (χ1n) is 5.95. The average Bonchev–Trinajstić information content (AvgIpc) is 3.23. The molecule has 1 aromatic heterocycles. The van der Waals surface area contributed by atoms with E-state index in [1.807, 2.05) is 12.1 Å². The van der Waals surface area contributed by atoms with Gasteiger partial charge in [0.05, 0.1) is 6.61 Å². The minimum Gasteiger partial charge on any atom is -0.409 e. The van der Waals surface area contributed by atoms with Crippen molar-refractivity contribution in [3.63, 3.8) is 0 Å². The van der Waals surface area contributed by atoms with E-state index in [1.165, 1.54) is 12.8 Å². The Hall–Kier alpha value is -1.82. The molecule has 6 heteroatoms. The van der Waals surface area contributed by atoms with Crippen LogP contribution < -0.4 is 10.6 Å². The first kappa shape index (κ1) is 12.6. The van der Waals surface area contributed by atoms with E-state index in [-0.39, 0.29) is 5.84 Å². The van der Waals surface area contributed by atoms with Crippen molar-refractivity contribution >= 4 is 11.5 Å². The number of pyridine rings is 1. The average molecular weight is 250 g/mol. The van der Waals surface area contributed by atoms with E-state index < -0.39 is 0 Å². The molecule has 2 rings (SSSR count). The van der Waals surface area contributed by atoms with Gasteiger partial charge in [-0.15, -0.1) is 0 Å². The maximum absolute atomic E-state index is 8.67. The summed E-state index contributed by atoms with van der Waals surface area (Å²) in [5.41, 5.74) is 7.07. The second-order valence-corrected chi connectivity index (χ2v) is 4.30. The number of hydrogen-bond acceptors (Lipinski definition) is 5. The van der Waals surface area contributed by atoms with Gasteiger partial charge in [0, 0.05) is 31.6 Å². The third-order valence-corrected chi connectivity index (χ3v) is 2.97. The van der Waals surface area contributed by atoms with Crippen molar-refractivity contribution in [2.24, 2.45) is 10.9 Å². The number of rotatable bonds is 6. The smallest absolute Gasteiger partial charge is 0.188 e. The molecule has 0 radical (unpaired) electrons. The fourth-order valence-corrected chi connectivity index (χ4v) is 1.89. The lowest BCUT2D eigenvalue weighted by molar-refractivity contribution is 0.205. The Bertz CT molecular complexity index is 432. The minimum atomic E-state index is 0.0272. The Kier molecular flexibility index (Phi) is 3.99. The molecule has 6 nitrogen and oxygen atoms in total. The normalized spacial score (nSPS) is 15.7. The van der Waals surface area contributed by atoms with Gasteiger partial charge >= 0.3 is 0 Å². The van der Waals surface area contributed by atoms with Crippen LogP contribution in [0.25, 0.3) is 0 Å². The van der Waals surface area contributed by atoms with E-state index in [1.54, 1.807) is 13.3 Å². The summed E-state index contributed by atoms with van der Waals surface area (Å²) in [7, 11) is 1.69. The highest BCUT2D eigenvalue weighted by atomic mass is 16.5. The fraction of sp³-hybridized carbons (Fsp3) is 0.500. The van der Waals surface area contributed by atoms with Crippen LogP contribution in [0.3, 0.4) is 0 Å². The zero-order chi connectivity index (χ0) is 13.0. The molecule has 0 bridgehead atoms. The van der Waals surface area contributed by atoms with Gasteiger partial charge in [0.15, 0.2) is 5.84 Å². The molecule has 98 valence electrons. The van der Waals surface area contributed by atoms with Gasteiger partial charge in [0.1, 0.15) is 5.69 Å². The number of aromatic nitrogens is 1. The summed E-state index contributed by atoms with van der Waals surface area (Å²) in [4.78, 5) is 6.36. The van der Waals surface area contributed by atoms with Crippen LogP contribution in [0.2, 0.25) is 0 Å². The predicted octanol–water partition coefficient (Wildman–Crippen LogP) is 0.791. The zero-order valence-corrected chi connectivity index (χ0v) is 10.4. The van der Waals surface area contributed by atoms with Gasteiger partial charge in [-0.25, -0.2) is 0 Å². The van der Waals surface area contributed by atoms with Crippen molar-refractivity contribution in [2.75, 3.05) is 25.2 Å². The Labute approximate surface area is 106 Å². The Morgan fingerprint density at radius 2 is 2.44 bits per heavy atom.